The van der Waals surface area contributed by atoms with Crippen molar-refractivity contribution in [2.45, 2.75) is 38.2 Å². The molecule has 0 bridgehead atoms. The number of halogens is 1. The lowest BCUT2D eigenvalue weighted by Gasteiger charge is -2.38. The van der Waals surface area contributed by atoms with E-state index < -0.39 is 0 Å². The maximum absolute atomic E-state index is 14.9. The molecule has 1 saturated heterocycles. The number of para-hydroxylation sites is 5. The second-order valence-corrected chi connectivity index (χ2v) is 9.98. The van der Waals surface area contributed by atoms with E-state index in [1.807, 2.05) is 30.3 Å². The molecule has 2 fully saturated rings. The minimum Gasteiger partial charge on any atom is -0.488 e. The van der Waals surface area contributed by atoms with Crippen LogP contribution in [0.1, 0.15) is 32.1 Å². The third-order valence-electron chi connectivity index (χ3n) is 7.62. The fourth-order valence-electron chi connectivity index (χ4n) is 5.75. The monoisotopic (exact) mass is 487 g/mol. The number of anilines is 3. The Morgan fingerprint density at radius 3 is 2.14 bits per heavy atom. The molecule has 6 rings (SSSR count). The largest absolute Gasteiger partial charge is 0.488 e. The van der Waals surface area contributed by atoms with E-state index in [1.165, 1.54) is 12.8 Å². The van der Waals surface area contributed by atoms with Crippen molar-refractivity contribution in [3.05, 3.63) is 72.5 Å². The van der Waals surface area contributed by atoms with Crippen molar-refractivity contribution in [3.63, 3.8) is 0 Å². The van der Waals surface area contributed by atoms with Gasteiger partial charge in [0.2, 0.25) is 0 Å². The Morgan fingerprint density at radius 2 is 1.44 bits per heavy atom. The molecule has 0 amide bonds. The smallest absolute Gasteiger partial charge is 0.151 e. The summed E-state index contributed by atoms with van der Waals surface area (Å²) in [5.74, 6) is 2.35. The lowest BCUT2D eigenvalue weighted by molar-refractivity contribution is 0.208. The van der Waals surface area contributed by atoms with E-state index >= 15 is 0 Å². The first-order chi connectivity index (χ1) is 17.8. The number of ether oxygens (including phenoxy) is 2. The quantitative estimate of drug-likeness (QED) is 0.374. The van der Waals surface area contributed by atoms with E-state index in [2.05, 4.69) is 39.0 Å². The summed E-state index contributed by atoms with van der Waals surface area (Å²) in [5.41, 5.74) is 2.89. The van der Waals surface area contributed by atoms with Gasteiger partial charge in [-0.15, -0.1) is 0 Å². The van der Waals surface area contributed by atoms with Crippen LogP contribution in [0.25, 0.3) is 0 Å². The van der Waals surface area contributed by atoms with Gasteiger partial charge < -0.3 is 19.3 Å². The predicted molar refractivity (Wildman–Crippen MR) is 143 cm³/mol. The second-order valence-electron chi connectivity index (χ2n) is 9.98. The summed E-state index contributed by atoms with van der Waals surface area (Å²) in [5, 5.41) is 0. The van der Waals surface area contributed by atoms with Crippen LogP contribution in [-0.4, -0.2) is 50.3 Å². The molecule has 0 unspecified atom stereocenters. The molecular formula is C30H34FN3O2. The van der Waals surface area contributed by atoms with Crippen LogP contribution in [0.4, 0.5) is 21.5 Å². The van der Waals surface area contributed by atoms with E-state index in [1.54, 1.807) is 12.1 Å². The van der Waals surface area contributed by atoms with Crippen LogP contribution in [0, 0.1) is 5.82 Å². The van der Waals surface area contributed by atoms with Gasteiger partial charge in [-0.25, -0.2) is 4.39 Å². The zero-order chi connectivity index (χ0) is 24.3. The molecule has 2 aliphatic heterocycles. The first-order valence-electron chi connectivity index (χ1n) is 13.3. The first kappa shape index (κ1) is 23.2. The fourth-order valence-corrected chi connectivity index (χ4v) is 5.75. The average Bonchev–Trinajstić information content (AvgIpc) is 3.42. The van der Waals surface area contributed by atoms with Gasteiger partial charge in [0.25, 0.3) is 0 Å². The predicted octanol–water partition coefficient (Wildman–Crippen LogP) is 6.60. The molecule has 36 heavy (non-hydrogen) atoms. The van der Waals surface area contributed by atoms with Crippen molar-refractivity contribution in [2.24, 2.45) is 0 Å². The molecular weight excluding hydrogens is 453 g/mol. The van der Waals surface area contributed by atoms with Gasteiger partial charge in [-0.3, -0.25) is 4.90 Å². The molecule has 188 valence electrons. The minimum atomic E-state index is -0.177. The first-order valence-corrected chi connectivity index (χ1v) is 13.3. The number of hydrogen-bond donors (Lipinski definition) is 0. The fraction of sp³-hybridized carbons (Fsp3) is 0.400. The molecule has 5 nitrogen and oxygen atoms in total. The highest BCUT2D eigenvalue weighted by atomic mass is 19.1. The number of piperazine rings is 1. The van der Waals surface area contributed by atoms with E-state index in [4.69, 9.17) is 9.47 Å². The van der Waals surface area contributed by atoms with Crippen LogP contribution in [0.2, 0.25) is 0 Å². The molecule has 0 atom stereocenters. The maximum atomic E-state index is 14.9. The normalized spacial score (nSPS) is 18.0. The Hall–Kier alpha value is -3.25. The van der Waals surface area contributed by atoms with Crippen LogP contribution in [0.3, 0.4) is 0 Å². The Bertz CT molecular complexity index is 1140. The summed E-state index contributed by atoms with van der Waals surface area (Å²) in [7, 11) is 0. The van der Waals surface area contributed by atoms with Gasteiger partial charge in [0.05, 0.1) is 17.5 Å². The van der Waals surface area contributed by atoms with Crippen LogP contribution >= 0.6 is 0 Å². The number of benzene rings is 3. The van der Waals surface area contributed by atoms with E-state index in [9.17, 15) is 4.39 Å². The number of nitrogens with zero attached hydrogens (tertiary/aromatic N) is 3. The number of hydrogen-bond acceptors (Lipinski definition) is 5. The Balaban J connectivity index is 1.07. The Morgan fingerprint density at radius 1 is 0.778 bits per heavy atom. The average molecular weight is 488 g/mol. The zero-order valence-electron chi connectivity index (χ0n) is 20.7. The van der Waals surface area contributed by atoms with Crippen molar-refractivity contribution in [3.8, 4) is 17.2 Å². The van der Waals surface area contributed by atoms with Gasteiger partial charge in [-0.05, 0) is 75.0 Å². The Kier molecular flexibility index (Phi) is 6.69. The highest BCUT2D eigenvalue weighted by molar-refractivity contribution is 5.77. The standard InChI is InChI=1S/C30H34FN3O2/c31-24-11-7-16-29(35-23-9-1-2-10-23)30(24)33-21-19-32(20-22-33)17-8-18-34-25-12-3-5-14-27(25)36-28-15-6-4-13-26(28)34/h3-7,11-16,23H,1-2,8-10,17-22H2. The summed E-state index contributed by atoms with van der Waals surface area (Å²) < 4.78 is 27.3. The minimum absolute atomic E-state index is 0.177. The molecule has 0 aromatic heterocycles. The Labute approximate surface area is 213 Å². The van der Waals surface area contributed by atoms with Gasteiger partial charge in [0.15, 0.2) is 11.5 Å². The molecule has 3 aromatic rings. The highest BCUT2D eigenvalue weighted by Gasteiger charge is 2.26. The van der Waals surface area contributed by atoms with Gasteiger partial charge in [-0.1, -0.05) is 30.3 Å². The molecule has 1 aliphatic carbocycles. The topological polar surface area (TPSA) is 28.2 Å². The molecule has 3 aromatic carbocycles. The molecule has 3 aliphatic rings. The molecule has 2 heterocycles. The maximum Gasteiger partial charge on any atom is 0.151 e. The van der Waals surface area contributed by atoms with Gasteiger partial charge in [0.1, 0.15) is 17.3 Å². The summed E-state index contributed by atoms with van der Waals surface area (Å²) in [6.07, 6.45) is 5.81. The van der Waals surface area contributed by atoms with Crippen molar-refractivity contribution < 1.29 is 13.9 Å². The number of fused-ring (bicyclic) bond motifs is 2. The third kappa shape index (κ3) is 4.74. The summed E-state index contributed by atoms with van der Waals surface area (Å²) in [4.78, 5) is 7.04. The van der Waals surface area contributed by atoms with E-state index in [0.717, 1.165) is 81.4 Å². The molecule has 0 N–H and O–H groups in total. The molecule has 1 saturated carbocycles. The van der Waals surface area contributed by atoms with Crippen molar-refractivity contribution in [1.82, 2.24) is 4.90 Å². The second kappa shape index (κ2) is 10.4. The van der Waals surface area contributed by atoms with Gasteiger partial charge >= 0.3 is 0 Å². The lowest BCUT2D eigenvalue weighted by atomic mass is 10.1. The summed E-state index contributed by atoms with van der Waals surface area (Å²) in [6.45, 7) is 5.40. The third-order valence-corrected chi connectivity index (χ3v) is 7.62. The highest BCUT2D eigenvalue weighted by Crippen LogP contribution is 2.46. The van der Waals surface area contributed by atoms with E-state index in [-0.39, 0.29) is 11.9 Å². The SMILES string of the molecule is Fc1cccc(OC2CCCC2)c1N1CCN(CCCN2c3ccccc3Oc3ccccc32)CC1. The van der Waals surface area contributed by atoms with Gasteiger partial charge in [0, 0.05) is 32.7 Å². The summed E-state index contributed by atoms with van der Waals surface area (Å²) >= 11 is 0. The van der Waals surface area contributed by atoms with Crippen LogP contribution in [0.15, 0.2) is 66.7 Å². The zero-order valence-corrected chi connectivity index (χ0v) is 20.7. The van der Waals surface area contributed by atoms with Crippen molar-refractivity contribution >= 4 is 17.1 Å². The van der Waals surface area contributed by atoms with Gasteiger partial charge in [-0.2, -0.15) is 0 Å². The molecule has 0 spiro atoms. The van der Waals surface area contributed by atoms with Crippen molar-refractivity contribution in [2.75, 3.05) is 49.1 Å². The van der Waals surface area contributed by atoms with Crippen LogP contribution in [0.5, 0.6) is 17.2 Å². The molecule has 0 radical (unpaired) electrons. The lowest BCUT2D eigenvalue weighted by Crippen LogP contribution is -2.47. The van der Waals surface area contributed by atoms with E-state index in [0.29, 0.717) is 11.4 Å². The van der Waals surface area contributed by atoms with Crippen molar-refractivity contribution in [1.29, 1.82) is 0 Å². The number of rotatable bonds is 7. The van der Waals surface area contributed by atoms with Crippen LogP contribution < -0.4 is 19.3 Å². The van der Waals surface area contributed by atoms with Crippen LogP contribution in [-0.2, 0) is 0 Å². The molecule has 6 heteroatoms. The summed E-state index contributed by atoms with van der Waals surface area (Å²) in [6, 6.07) is 21.7.